The van der Waals surface area contributed by atoms with Crippen molar-refractivity contribution in [2.75, 3.05) is 19.0 Å². The van der Waals surface area contributed by atoms with Crippen LogP contribution in [0, 0.1) is 0 Å². The summed E-state index contributed by atoms with van der Waals surface area (Å²) in [4.78, 5) is 0. The van der Waals surface area contributed by atoms with Gasteiger partial charge in [0.2, 0.25) is 0 Å². The fraction of sp³-hybridized carbons (Fsp3) is 0.600. The van der Waals surface area contributed by atoms with Crippen molar-refractivity contribution in [2.24, 2.45) is 0 Å². The molecule has 2 nitrogen and oxygen atoms in total. The summed E-state index contributed by atoms with van der Waals surface area (Å²) in [5, 5.41) is 3.70. The number of ether oxygens (including phenoxy) is 1. The number of hydrogen-bond acceptors (Lipinski definition) is 2. The van der Waals surface area contributed by atoms with Crippen LogP contribution in [-0.4, -0.2) is 19.8 Å². The number of methoxy groups -OCH3 is 1. The largest absolute Gasteiger partial charge is 0.384 e. The molecule has 0 heterocycles. The predicted octanol–water partition coefficient (Wildman–Crippen LogP) is 3.62. The summed E-state index contributed by atoms with van der Waals surface area (Å²) in [6, 6.07) is 9.29. The van der Waals surface area contributed by atoms with Gasteiger partial charge in [-0.15, -0.1) is 0 Å². The minimum absolute atomic E-state index is 0.674. The van der Waals surface area contributed by atoms with Gasteiger partial charge in [0.05, 0.1) is 6.61 Å². The topological polar surface area (TPSA) is 21.3 Å². The number of rotatable bonds is 5. The Balaban J connectivity index is 1.98. The fourth-order valence-corrected chi connectivity index (χ4v) is 2.56. The second kappa shape index (κ2) is 6.65. The highest BCUT2D eigenvalue weighted by Crippen LogP contribution is 2.24. The maximum Gasteiger partial charge on any atom is 0.0503 e. The molecule has 1 aromatic carbocycles. The quantitative estimate of drug-likeness (QED) is 0.838. The van der Waals surface area contributed by atoms with E-state index in [1.807, 2.05) is 0 Å². The Bertz CT molecular complexity index is 331. The third-order valence-corrected chi connectivity index (χ3v) is 3.56. The van der Waals surface area contributed by atoms with Crippen LogP contribution in [-0.2, 0) is 11.2 Å². The first kappa shape index (κ1) is 12.4. The molecule has 1 saturated carbocycles. The Kier molecular flexibility index (Phi) is 4.87. The van der Waals surface area contributed by atoms with Crippen LogP contribution in [0.3, 0.4) is 0 Å². The molecule has 17 heavy (non-hydrogen) atoms. The van der Waals surface area contributed by atoms with Crippen LogP contribution >= 0.6 is 0 Å². The van der Waals surface area contributed by atoms with Crippen LogP contribution in [0.1, 0.15) is 37.7 Å². The lowest BCUT2D eigenvalue weighted by Crippen LogP contribution is -2.23. The lowest BCUT2D eigenvalue weighted by Gasteiger charge is -2.25. The summed E-state index contributed by atoms with van der Waals surface area (Å²) in [5.41, 5.74) is 2.68. The standard InChI is InChI=1S/C15H23NO/c1-17-12-11-13-7-5-6-10-15(13)16-14-8-3-2-4-9-14/h5-7,10,14,16H,2-4,8-9,11-12H2,1H3. The van der Waals surface area contributed by atoms with Crippen LogP contribution in [0.5, 0.6) is 0 Å². The molecule has 0 bridgehead atoms. The third kappa shape index (κ3) is 3.74. The second-order valence-corrected chi connectivity index (χ2v) is 4.88. The van der Waals surface area contributed by atoms with Gasteiger partial charge in [-0.05, 0) is 30.9 Å². The van der Waals surface area contributed by atoms with Crippen LogP contribution < -0.4 is 5.32 Å². The van der Waals surface area contributed by atoms with E-state index in [-0.39, 0.29) is 0 Å². The third-order valence-electron chi connectivity index (χ3n) is 3.56. The Morgan fingerprint density at radius 3 is 2.71 bits per heavy atom. The Morgan fingerprint density at radius 2 is 1.94 bits per heavy atom. The van der Waals surface area contributed by atoms with E-state index in [0.717, 1.165) is 13.0 Å². The van der Waals surface area contributed by atoms with E-state index >= 15 is 0 Å². The molecule has 0 spiro atoms. The van der Waals surface area contributed by atoms with Crippen molar-refractivity contribution in [1.82, 2.24) is 0 Å². The smallest absolute Gasteiger partial charge is 0.0503 e. The molecule has 0 atom stereocenters. The molecule has 1 aliphatic carbocycles. The minimum atomic E-state index is 0.674. The van der Waals surface area contributed by atoms with Crippen molar-refractivity contribution >= 4 is 5.69 Å². The molecule has 0 saturated heterocycles. The average Bonchev–Trinajstić information content (AvgIpc) is 2.39. The summed E-state index contributed by atoms with van der Waals surface area (Å²) in [6.45, 7) is 0.795. The van der Waals surface area contributed by atoms with Crippen molar-refractivity contribution in [3.05, 3.63) is 29.8 Å². The van der Waals surface area contributed by atoms with E-state index in [1.165, 1.54) is 43.4 Å². The number of nitrogens with one attached hydrogen (secondary N) is 1. The van der Waals surface area contributed by atoms with Crippen molar-refractivity contribution < 1.29 is 4.74 Å². The molecule has 0 aliphatic heterocycles. The zero-order valence-electron chi connectivity index (χ0n) is 10.7. The highest BCUT2D eigenvalue weighted by Gasteiger charge is 2.13. The number of benzene rings is 1. The molecular formula is C15H23NO. The summed E-state index contributed by atoms with van der Waals surface area (Å²) < 4.78 is 5.16. The Hall–Kier alpha value is -1.02. The zero-order valence-corrected chi connectivity index (χ0v) is 10.7. The van der Waals surface area contributed by atoms with Gasteiger partial charge in [0.1, 0.15) is 0 Å². The minimum Gasteiger partial charge on any atom is -0.384 e. The van der Waals surface area contributed by atoms with Gasteiger partial charge < -0.3 is 10.1 Å². The summed E-state index contributed by atoms with van der Waals surface area (Å²) in [7, 11) is 1.76. The van der Waals surface area contributed by atoms with Crippen LogP contribution in [0.15, 0.2) is 24.3 Å². The first-order valence-corrected chi connectivity index (χ1v) is 6.73. The van der Waals surface area contributed by atoms with Gasteiger partial charge in [0, 0.05) is 18.8 Å². The summed E-state index contributed by atoms with van der Waals surface area (Å²) >= 11 is 0. The molecular weight excluding hydrogens is 210 g/mol. The molecule has 0 unspecified atom stereocenters. The van der Waals surface area contributed by atoms with Crippen LogP contribution in [0.2, 0.25) is 0 Å². The van der Waals surface area contributed by atoms with E-state index in [0.29, 0.717) is 6.04 Å². The lowest BCUT2D eigenvalue weighted by molar-refractivity contribution is 0.202. The number of para-hydroxylation sites is 1. The number of anilines is 1. The zero-order chi connectivity index (χ0) is 11.9. The number of hydrogen-bond donors (Lipinski definition) is 1. The second-order valence-electron chi connectivity index (χ2n) is 4.88. The van der Waals surface area contributed by atoms with Gasteiger partial charge in [-0.25, -0.2) is 0 Å². The first-order chi connectivity index (χ1) is 8.40. The molecule has 2 rings (SSSR count). The fourth-order valence-electron chi connectivity index (χ4n) is 2.56. The lowest BCUT2D eigenvalue weighted by atomic mass is 9.95. The molecule has 1 aliphatic rings. The van der Waals surface area contributed by atoms with Crippen molar-refractivity contribution in [2.45, 2.75) is 44.6 Å². The summed E-state index contributed by atoms with van der Waals surface area (Å²) in [5.74, 6) is 0. The molecule has 1 fully saturated rings. The Morgan fingerprint density at radius 1 is 1.18 bits per heavy atom. The van der Waals surface area contributed by atoms with Gasteiger partial charge in [0.25, 0.3) is 0 Å². The van der Waals surface area contributed by atoms with Gasteiger partial charge in [-0.1, -0.05) is 37.5 Å². The van der Waals surface area contributed by atoms with Gasteiger partial charge in [-0.3, -0.25) is 0 Å². The van der Waals surface area contributed by atoms with Crippen molar-refractivity contribution in [1.29, 1.82) is 0 Å². The Labute approximate surface area is 104 Å². The van der Waals surface area contributed by atoms with E-state index in [2.05, 4.69) is 29.6 Å². The highest BCUT2D eigenvalue weighted by molar-refractivity contribution is 5.51. The molecule has 0 radical (unpaired) electrons. The normalized spacial score (nSPS) is 17.0. The van der Waals surface area contributed by atoms with Gasteiger partial charge in [0.15, 0.2) is 0 Å². The molecule has 0 aromatic heterocycles. The van der Waals surface area contributed by atoms with E-state index in [1.54, 1.807) is 7.11 Å². The van der Waals surface area contributed by atoms with Crippen molar-refractivity contribution in [3.63, 3.8) is 0 Å². The average molecular weight is 233 g/mol. The van der Waals surface area contributed by atoms with E-state index in [4.69, 9.17) is 4.74 Å². The maximum atomic E-state index is 5.16. The van der Waals surface area contributed by atoms with E-state index < -0.39 is 0 Å². The SMILES string of the molecule is COCCc1ccccc1NC1CCCCC1. The maximum absolute atomic E-state index is 5.16. The molecule has 0 amide bonds. The molecule has 1 aromatic rings. The van der Waals surface area contributed by atoms with Crippen LogP contribution in [0.25, 0.3) is 0 Å². The molecule has 1 N–H and O–H groups in total. The van der Waals surface area contributed by atoms with Gasteiger partial charge in [-0.2, -0.15) is 0 Å². The predicted molar refractivity (Wildman–Crippen MR) is 72.5 cm³/mol. The molecule has 94 valence electrons. The molecule has 2 heteroatoms. The van der Waals surface area contributed by atoms with E-state index in [9.17, 15) is 0 Å². The van der Waals surface area contributed by atoms with Crippen LogP contribution in [0.4, 0.5) is 5.69 Å². The highest BCUT2D eigenvalue weighted by atomic mass is 16.5. The van der Waals surface area contributed by atoms with Crippen molar-refractivity contribution in [3.8, 4) is 0 Å². The summed E-state index contributed by atoms with van der Waals surface area (Å²) in [6.07, 6.45) is 7.78. The van der Waals surface area contributed by atoms with Gasteiger partial charge >= 0.3 is 0 Å². The monoisotopic (exact) mass is 233 g/mol. The first-order valence-electron chi connectivity index (χ1n) is 6.73.